The van der Waals surface area contributed by atoms with Crippen LogP contribution >= 0.6 is 0 Å². The number of barbiturate groups is 1. The van der Waals surface area contributed by atoms with Crippen molar-refractivity contribution in [2.75, 3.05) is 12.0 Å². The molecule has 3 aromatic rings. The van der Waals surface area contributed by atoms with Crippen molar-refractivity contribution in [3.63, 3.8) is 0 Å². The van der Waals surface area contributed by atoms with Crippen molar-refractivity contribution < 1.29 is 28.8 Å². The van der Waals surface area contributed by atoms with Gasteiger partial charge in [-0.2, -0.15) is 0 Å². The summed E-state index contributed by atoms with van der Waals surface area (Å²) >= 11 is 0. The van der Waals surface area contributed by atoms with Crippen LogP contribution < -0.4 is 19.7 Å². The summed E-state index contributed by atoms with van der Waals surface area (Å²) in [5.41, 5.74) is 1.69. The second kappa shape index (κ2) is 10.1. The Morgan fingerprint density at radius 2 is 1.81 bits per heavy atom. The van der Waals surface area contributed by atoms with E-state index in [9.17, 15) is 24.5 Å². The Labute approximate surface area is 205 Å². The van der Waals surface area contributed by atoms with Gasteiger partial charge in [-0.3, -0.25) is 25.0 Å². The quantitative estimate of drug-likeness (QED) is 0.229. The molecule has 3 aromatic carbocycles. The van der Waals surface area contributed by atoms with E-state index in [1.807, 2.05) is 31.2 Å². The van der Waals surface area contributed by atoms with Crippen LogP contribution in [0.1, 0.15) is 16.7 Å². The largest absolute Gasteiger partial charge is 0.497 e. The highest BCUT2D eigenvalue weighted by molar-refractivity contribution is 6.39. The summed E-state index contributed by atoms with van der Waals surface area (Å²) in [5, 5.41) is 13.2. The number of methoxy groups -OCH3 is 1. The van der Waals surface area contributed by atoms with E-state index >= 15 is 0 Å². The van der Waals surface area contributed by atoms with Crippen LogP contribution in [0.15, 0.2) is 72.3 Å². The number of aryl methyl sites for hydroxylation is 1. The van der Waals surface area contributed by atoms with E-state index < -0.39 is 22.8 Å². The van der Waals surface area contributed by atoms with Crippen molar-refractivity contribution in [3.05, 3.63) is 99.1 Å². The molecular formula is C26H21N3O7. The molecule has 0 aliphatic carbocycles. The van der Waals surface area contributed by atoms with E-state index in [2.05, 4.69) is 5.32 Å². The van der Waals surface area contributed by atoms with Gasteiger partial charge < -0.3 is 9.47 Å². The summed E-state index contributed by atoms with van der Waals surface area (Å²) in [6.45, 7) is 2.19. The average Bonchev–Trinajstić information content (AvgIpc) is 2.85. The molecule has 1 heterocycles. The minimum Gasteiger partial charge on any atom is -0.497 e. The number of rotatable bonds is 7. The molecule has 0 radical (unpaired) electrons. The number of hydrogen-bond acceptors (Lipinski definition) is 7. The van der Waals surface area contributed by atoms with Crippen molar-refractivity contribution >= 4 is 35.3 Å². The summed E-state index contributed by atoms with van der Waals surface area (Å²) in [6.07, 6.45) is 1.31. The number of nitro benzene ring substituents is 1. The van der Waals surface area contributed by atoms with Crippen LogP contribution in [0.4, 0.5) is 16.2 Å². The molecule has 4 rings (SSSR count). The highest BCUT2D eigenvalue weighted by Crippen LogP contribution is 2.30. The number of hydrogen-bond donors (Lipinski definition) is 1. The summed E-state index contributed by atoms with van der Waals surface area (Å²) in [7, 11) is 1.50. The van der Waals surface area contributed by atoms with Gasteiger partial charge >= 0.3 is 6.03 Å². The summed E-state index contributed by atoms with van der Waals surface area (Å²) in [4.78, 5) is 49.5. The number of ether oxygens (including phenoxy) is 2. The van der Waals surface area contributed by atoms with E-state index in [1.165, 1.54) is 31.4 Å². The minimum atomic E-state index is -1.01. The van der Waals surface area contributed by atoms with E-state index in [4.69, 9.17) is 9.47 Å². The summed E-state index contributed by atoms with van der Waals surface area (Å²) in [5.74, 6) is -0.969. The number of anilines is 1. The molecule has 182 valence electrons. The highest BCUT2D eigenvalue weighted by atomic mass is 16.6. The number of nitrogens with one attached hydrogen (secondary N) is 1. The van der Waals surface area contributed by atoms with Gasteiger partial charge in [0.25, 0.3) is 17.5 Å². The second-order valence-corrected chi connectivity index (χ2v) is 7.92. The van der Waals surface area contributed by atoms with Gasteiger partial charge in [-0.1, -0.05) is 35.9 Å². The molecule has 1 saturated heterocycles. The third-order valence-electron chi connectivity index (χ3n) is 5.40. The van der Waals surface area contributed by atoms with Gasteiger partial charge in [0.15, 0.2) is 0 Å². The number of carbonyl (C=O) groups excluding carboxylic acids is 3. The smallest absolute Gasteiger partial charge is 0.335 e. The molecule has 1 aliphatic heterocycles. The standard InChI is InChI=1S/C26H21N3O7/c1-16-5-3-6-17(11-16)15-36-23-14-21(35-2)10-9-18(23)12-22-24(30)27-26(32)28(25(22)31)19-7-4-8-20(13-19)29(33)34/h3-14H,15H2,1-2H3,(H,27,30,32)/b22-12+. The molecule has 0 atom stereocenters. The molecular weight excluding hydrogens is 466 g/mol. The maximum atomic E-state index is 13.2. The van der Waals surface area contributed by atoms with E-state index in [0.717, 1.165) is 17.2 Å². The fourth-order valence-electron chi connectivity index (χ4n) is 3.64. The molecule has 0 bridgehead atoms. The lowest BCUT2D eigenvalue weighted by Crippen LogP contribution is -2.54. The lowest BCUT2D eigenvalue weighted by atomic mass is 10.1. The Kier molecular flexibility index (Phi) is 6.77. The number of nitrogens with zero attached hydrogens (tertiary/aromatic N) is 2. The van der Waals surface area contributed by atoms with Crippen molar-refractivity contribution in [1.29, 1.82) is 0 Å². The lowest BCUT2D eigenvalue weighted by molar-refractivity contribution is -0.384. The zero-order valence-electron chi connectivity index (χ0n) is 19.4. The molecule has 0 spiro atoms. The Balaban J connectivity index is 1.70. The predicted octanol–water partition coefficient (Wildman–Crippen LogP) is 4.16. The van der Waals surface area contributed by atoms with Crippen LogP contribution in [0.3, 0.4) is 0 Å². The number of nitro groups is 1. The van der Waals surface area contributed by atoms with Crippen molar-refractivity contribution in [2.24, 2.45) is 0 Å². The molecule has 1 aliphatic rings. The van der Waals surface area contributed by atoms with E-state index in [0.29, 0.717) is 22.0 Å². The maximum Gasteiger partial charge on any atom is 0.335 e. The highest BCUT2D eigenvalue weighted by Gasteiger charge is 2.37. The Bertz CT molecular complexity index is 1410. The van der Waals surface area contributed by atoms with Gasteiger partial charge in [-0.25, -0.2) is 9.69 Å². The van der Waals surface area contributed by atoms with Crippen LogP contribution in [-0.2, 0) is 16.2 Å². The molecule has 10 nitrogen and oxygen atoms in total. The van der Waals surface area contributed by atoms with Gasteiger partial charge in [0.1, 0.15) is 23.7 Å². The van der Waals surface area contributed by atoms with Gasteiger partial charge in [0, 0.05) is 23.8 Å². The number of benzene rings is 3. The number of amides is 4. The molecule has 1 fully saturated rings. The Hall–Kier alpha value is -4.99. The molecule has 4 amide bonds. The van der Waals surface area contributed by atoms with E-state index in [1.54, 1.807) is 18.2 Å². The van der Waals surface area contributed by atoms with Crippen molar-refractivity contribution in [2.45, 2.75) is 13.5 Å². The fraction of sp³-hybridized carbons (Fsp3) is 0.115. The molecule has 36 heavy (non-hydrogen) atoms. The monoisotopic (exact) mass is 487 g/mol. The van der Waals surface area contributed by atoms with Crippen LogP contribution in [0.25, 0.3) is 6.08 Å². The van der Waals surface area contributed by atoms with Gasteiger partial charge in [0.2, 0.25) is 0 Å². The number of non-ortho nitro benzene ring substituents is 1. The number of carbonyl (C=O) groups is 3. The van der Waals surface area contributed by atoms with Crippen LogP contribution in [0.5, 0.6) is 11.5 Å². The van der Waals surface area contributed by atoms with Crippen molar-refractivity contribution in [3.8, 4) is 11.5 Å². The summed E-state index contributed by atoms with van der Waals surface area (Å²) < 4.78 is 11.3. The minimum absolute atomic E-state index is 0.0456. The molecule has 0 unspecified atom stereocenters. The zero-order chi connectivity index (χ0) is 25.8. The van der Waals surface area contributed by atoms with E-state index in [-0.39, 0.29) is 23.6 Å². The topological polar surface area (TPSA) is 128 Å². The third-order valence-corrected chi connectivity index (χ3v) is 5.40. The van der Waals surface area contributed by atoms with Crippen LogP contribution in [-0.4, -0.2) is 29.9 Å². The average molecular weight is 487 g/mol. The fourth-order valence-corrected chi connectivity index (χ4v) is 3.64. The van der Waals surface area contributed by atoms with Gasteiger partial charge in [-0.15, -0.1) is 0 Å². The Morgan fingerprint density at radius 1 is 1.03 bits per heavy atom. The van der Waals surface area contributed by atoms with Crippen molar-refractivity contribution in [1.82, 2.24) is 5.32 Å². The van der Waals surface area contributed by atoms with Gasteiger partial charge in [0.05, 0.1) is 17.7 Å². The SMILES string of the molecule is COc1ccc(/C=C2\C(=O)NC(=O)N(c3cccc([N+](=O)[O-])c3)C2=O)c(OCc2cccc(C)c2)c1. The van der Waals surface area contributed by atoms with Gasteiger partial charge in [-0.05, 0) is 36.8 Å². The molecule has 1 N–H and O–H groups in total. The number of urea groups is 1. The molecule has 0 saturated carbocycles. The Morgan fingerprint density at radius 3 is 2.53 bits per heavy atom. The predicted molar refractivity (Wildman–Crippen MR) is 131 cm³/mol. The third kappa shape index (κ3) is 5.07. The lowest BCUT2D eigenvalue weighted by Gasteiger charge is -2.26. The first-order valence-corrected chi connectivity index (χ1v) is 10.8. The van der Waals surface area contributed by atoms with Crippen LogP contribution in [0.2, 0.25) is 0 Å². The normalized spacial score (nSPS) is 14.6. The zero-order valence-corrected chi connectivity index (χ0v) is 19.4. The molecule has 10 heteroatoms. The first-order chi connectivity index (χ1) is 17.3. The molecule has 0 aromatic heterocycles. The first-order valence-electron chi connectivity index (χ1n) is 10.8. The second-order valence-electron chi connectivity index (χ2n) is 7.92. The maximum absolute atomic E-state index is 13.2. The first kappa shape index (κ1) is 24.1. The number of imide groups is 2. The summed E-state index contributed by atoms with van der Waals surface area (Å²) in [6, 6.07) is 16.6. The van der Waals surface area contributed by atoms with Crippen LogP contribution in [0, 0.1) is 17.0 Å².